The number of nitrogens with one attached hydrogen (secondary N) is 2. The highest BCUT2D eigenvalue weighted by Gasteiger charge is 2.34. The number of aryl methyl sites for hydroxylation is 1. The van der Waals surface area contributed by atoms with Crippen LogP contribution < -0.4 is 24.8 Å². The first kappa shape index (κ1) is 26.0. The lowest BCUT2D eigenvalue weighted by Crippen LogP contribution is -2.54. The van der Waals surface area contributed by atoms with Crippen molar-refractivity contribution < 1.29 is 28.6 Å². The van der Waals surface area contributed by atoms with Crippen molar-refractivity contribution in [1.29, 1.82) is 0 Å². The topological polar surface area (TPSA) is 103 Å². The first-order valence-corrected chi connectivity index (χ1v) is 12.4. The summed E-state index contributed by atoms with van der Waals surface area (Å²) in [6, 6.07) is 3.43. The van der Waals surface area contributed by atoms with E-state index in [1.54, 1.807) is 21.3 Å². The number of amides is 2. The molecule has 2 aliphatic rings. The van der Waals surface area contributed by atoms with Gasteiger partial charge in [-0.3, -0.25) is 19.7 Å². The zero-order valence-electron chi connectivity index (χ0n) is 20.6. The van der Waals surface area contributed by atoms with Crippen molar-refractivity contribution in [3.63, 3.8) is 0 Å². The number of benzene rings is 1. The predicted molar refractivity (Wildman–Crippen MR) is 128 cm³/mol. The lowest BCUT2D eigenvalue weighted by Gasteiger charge is -2.31. The minimum absolute atomic E-state index is 0.105. The predicted octanol–water partition coefficient (Wildman–Crippen LogP) is 3.20. The van der Waals surface area contributed by atoms with Crippen LogP contribution in [0.5, 0.6) is 17.2 Å². The van der Waals surface area contributed by atoms with Crippen LogP contribution in [-0.2, 0) is 20.8 Å². The van der Waals surface area contributed by atoms with E-state index in [0.29, 0.717) is 17.2 Å². The molecule has 34 heavy (non-hydrogen) atoms. The Kier molecular flexibility index (Phi) is 9.74. The molecular weight excluding hydrogens is 436 g/mol. The van der Waals surface area contributed by atoms with Crippen molar-refractivity contribution in [3.8, 4) is 17.2 Å². The summed E-state index contributed by atoms with van der Waals surface area (Å²) in [7, 11) is 4.77. The third-order valence-electron chi connectivity index (χ3n) is 7.07. The molecule has 3 rings (SSSR count). The number of carbonyl (C=O) groups excluding carboxylic acids is 3. The van der Waals surface area contributed by atoms with E-state index in [9.17, 15) is 14.4 Å². The summed E-state index contributed by atoms with van der Waals surface area (Å²) in [4.78, 5) is 37.8. The molecule has 0 radical (unpaired) electrons. The van der Waals surface area contributed by atoms with Gasteiger partial charge in [0.05, 0.1) is 27.4 Å². The van der Waals surface area contributed by atoms with Gasteiger partial charge < -0.3 is 19.5 Å². The summed E-state index contributed by atoms with van der Waals surface area (Å²) in [6.45, 7) is 0.728. The van der Waals surface area contributed by atoms with Crippen LogP contribution in [0.3, 0.4) is 0 Å². The molecule has 0 aromatic heterocycles. The molecule has 2 fully saturated rings. The molecule has 0 bridgehead atoms. The Labute approximate surface area is 202 Å². The van der Waals surface area contributed by atoms with Crippen LogP contribution in [0, 0.1) is 11.8 Å². The summed E-state index contributed by atoms with van der Waals surface area (Å²) in [5, 5.41) is 5.65. The molecule has 2 unspecified atom stereocenters. The maximum absolute atomic E-state index is 12.9. The monoisotopic (exact) mass is 474 g/mol. The third-order valence-corrected chi connectivity index (χ3v) is 7.07. The Morgan fingerprint density at radius 3 is 2.24 bits per heavy atom. The first-order valence-electron chi connectivity index (χ1n) is 12.4. The lowest BCUT2D eigenvalue weighted by atomic mass is 9.84. The molecule has 0 spiro atoms. The maximum Gasteiger partial charge on any atom is 0.294 e. The molecule has 2 N–H and O–H groups in total. The Morgan fingerprint density at radius 2 is 1.62 bits per heavy atom. The smallest absolute Gasteiger partial charge is 0.294 e. The Balaban J connectivity index is 1.56. The normalized spacial score (nSPS) is 20.9. The van der Waals surface area contributed by atoms with Crippen LogP contribution in [0.4, 0.5) is 0 Å². The molecule has 8 heteroatoms. The van der Waals surface area contributed by atoms with Crippen LogP contribution in [0.1, 0.15) is 63.4 Å². The molecule has 1 aliphatic carbocycles. The fourth-order valence-electron chi connectivity index (χ4n) is 5.22. The molecule has 1 saturated heterocycles. The van der Waals surface area contributed by atoms with Gasteiger partial charge >= 0.3 is 0 Å². The standard InChI is InChI=1S/C26H38N2O6/c1-32-20-15-17(16-21(33-2)24(20)34-3)9-7-12-18-13-8-14-27-22(18)25(30)28-26(31)23(29)19-10-5-4-6-11-19/h15-16,18-19,22,27H,4-14H2,1-3H3,(H,28,30,31). The highest BCUT2D eigenvalue weighted by Crippen LogP contribution is 2.38. The van der Waals surface area contributed by atoms with E-state index in [1.807, 2.05) is 12.1 Å². The molecule has 2 atom stereocenters. The molecule has 1 aromatic carbocycles. The number of hydrogen-bond donors (Lipinski definition) is 2. The number of Topliss-reactive ketones (excluding diaryl/α,β-unsaturated/α-hetero) is 1. The van der Waals surface area contributed by atoms with E-state index in [4.69, 9.17) is 14.2 Å². The summed E-state index contributed by atoms with van der Waals surface area (Å²) in [5.74, 6) is 0.0944. The van der Waals surface area contributed by atoms with E-state index in [1.165, 1.54) is 0 Å². The van der Waals surface area contributed by atoms with Gasteiger partial charge in [-0.25, -0.2) is 0 Å². The van der Waals surface area contributed by atoms with Crippen LogP contribution >= 0.6 is 0 Å². The molecule has 1 aromatic rings. The van der Waals surface area contributed by atoms with Gasteiger partial charge in [0.25, 0.3) is 5.91 Å². The van der Waals surface area contributed by atoms with Crippen LogP contribution in [0.15, 0.2) is 12.1 Å². The number of piperidine rings is 1. The van der Waals surface area contributed by atoms with Crippen LogP contribution in [0.2, 0.25) is 0 Å². The minimum atomic E-state index is -0.750. The van der Waals surface area contributed by atoms with Crippen molar-refractivity contribution >= 4 is 17.6 Å². The summed E-state index contributed by atoms with van der Waals surface area (Å²) in [6.07, 6.45) is 8.90. The number of methoxy groups -OCH3 is 3. The second kappa shape index (κ2) is 12.7. The number of carbonyl (C=O) groups is 3. The Hall–Kier alpha value is -2.61. The molecular formula is C26H38N2O6. The van der Waals surface area contributed by atoms with Crippen LogP contribution in [-0.4, -0.2) is 51.5 Å². The van der Waals surface area contributed by atoms with E-state index in [0.717, 1.165) is 76.3 Å². The van der Waals surface area contributed by atoms with Crippen LogP contribution in [0.25, 0.3) is 0 Å². The average molecular weight is 475 g/mol. The van der Waals surface area contributed by atoms with E-state index in [-0.39, 0.29) is 17.7 Å². The number of hydrogen-bond acceptors (Lipinski definition) is 7. The zero-order valence-corrected chi connectivity index (χ0v) is 20.6. The van der Waals surface area contributed by atoms with Gasteiger partial charge in [0.15, 0.2) is 11.5 Å². The Morgan fingerprint density at radius 1 is 0.941 bits per heavy atom. The fraction of sp³-hybridized carbons (Fsp3) is 0.654. The molecule has 8 nitrogen and oxygen atoms in total. The molecule has 2 amide bonds. The van der Waals surface area contributed by atoms with Gasteiger partial charge in [-0.2, -0.15) is 0 Å². The van der Waals surface area contributed by atoms with Gasteiger partial charge in [-0.15, -0.1) is 0 Å². The first-order chi connectivity index (χ1) is 16.5. The number of imide groups is 1. The average Bonchev–Trinajstić information content (AvgIpc) is 2.88. The second-order valence-electron chi connectivity index (χ2n) is 9.28. The van der Waals surface area contributed by atoms with Gasteiger partial charge in [0, 0.05) is 5.92 Å². The lowest BCUT2D eigenvalue weighted by molar-refractivity contribution is -0.144. The fourth-order valence-corrected chi connectivity index (χ4v) is 5.22. The molecule has 1 saturated carbocycles. The second-order valence-corrected chi connectivity index (χ2v) is 9.28. The summed E-state index contributed by atoms with van der Waals surface area (Å²) < 4.78 is 16.3. The van der Waals surface area contributed by atoms with E-state index >= 15 is 0 Å². The SMILES string of the molecule is COc1cc(CCCC2CCCNC2C(=O)NC(=O)C(=O)C2CCCCC2)cc(OC)c1OC. The quantitative estimate of drug-likeness (QED) is 0.502. The van der Waals surface area contributed by atoms with Gasteiger partial charge in [-0.05, 0) is 75.1 Å². The third kappa shape index (κ3) is 6.50. The van der Waals surface area contributed by atoms with Crippen molar-refractivity contribution in [3.05, 3.63) is 17.7 Å². The number of rotatable bonds is 10. The van der Waals surface area contributed by atoms with Gasteiger partial charge in [0.1, 0.15) is 0 Å². The minimum Gasteiger partial charge on any atom is -0.493 e. The highest BCUT2D eigenvalue weighted by atomic mass is 16.5. The summed E-state index contributed by atoms with van der Waals surface area (Å²) in [5.41, 5.74) is 1.06. The van der Waals surface area contributed by atoms with E-state index in [2.05, 4.69) is 10.6 Å². The largest absolute Gasteiger partial charge is 0.493 e. The summed E-state index contributed by atoms with van der Waals surface area (Å²) >= 11 is 0. The van der Waals surface area contributed by atoms with Crippen molar-refractivity contribution in [1.82, 2.24) is 10.6 Å². The van der Waals surface area contributed by atoms with Crippen molar-refractivity contribution in [2.45, 2.75) is 70.3 Å². The molecule has 1 heterocycles. The van der Waals surface area contributed by atoms with Gasteiger partial charge in [0.2, 0.25) is 17.4 Å². The van der Waals surface area contributed by atoms with Crippen molar-refractivity contribution in [2.75, 3.05) is 27.9 Å². The number of ether oxygens (including phenoxy) is 3. The molecule has 1 aliphatic heterocycles. The maximum atomic E-state index is 12.9. The van der Waals surface area contributed by atoms with Gasteiger partial charge in [-0.1, -0.05) is 19.3 Å². The highest BCUT2D eigenvalue weighted by molar-refractivity contribution is 6.39. The van der Waals surface area contributed by atoms with Crippen molar-refractivity contribution in [2.24, 2.45) is 11.8 Å². The molecule has 188 valence electrons. The number of ketones is 1. The Bertz CT molecular complexity index is 840. The van der Waals surface area contributed by atoms with E-state index < -0.39 is 17.7 Å². The zero-order chi connectivity index (χ0) is 24.5.